The third-order valence-corrected chi connectivity index (χ3v) is 6.05. The van der Waals surface area contributed by atoms with Crippen molar-refractivity contribution in [1.82, 2.24) is 5.32 Å². The number of hydrogen-bond acceptors (Lipinski definition) is 4. The standard InChI is InChI=1S/C22H30N2O4S/c1-15-11-12-20(13-17(15)3)24(29(6,26)27)19(5)22(25)23-18(4)14-28-21-10-8-7-9-16(21)2/h7-13,18-19H,14H2,1-6H3,(H,23,25)/t18-,19+/m0/s1. The molecule has 0 heterocycles. The first-order valence-electron chi connectivity index (χ1n) is 9.56. The molecule has 2 rings (SSSR count). The van der Waals surface area contributed by atoms with Crippen LogP contribution in [-0.2, 0) is 14.8 Å². The van der Waals surface area contributed by atoms with Crippen LogP contribution in [0, 0.1) is 20.8 Å². The van der Waals surface area contributed by atoms with Gasteiger partial charge < -0.3 is 10.1 Å². The van der Waals surface area contributed by atoms with Crippen LogP contribution in [0.25, 0.3) is 0 Å². The lowest BCUT2D eigenvalue weighted by atomic mass is 10.1. The second-order valence-corrected chi connectivity index (χ2v) is 9.35. The van der Waals surface area contributed by atoms with Gasteiger partial charge in [-0.15, -0.1) is 0 Å². The largest absolute Gasteiger partial charge is 0.491 e. The molecule has 0 radical (unpaired) electrons. The number of carbonyl (C=O) groups is 1. The van der Waals surface area contributed by atoms with Gasteiger partial charge in [0.25, 0.3) is 0 Å². The Morgan fingerprint density at radius 3 is 2.28 bits per heavy atom. The number of ether oxygens (including phenoxy) is 1. The third kappa shape index (κ3) is 5.97. The van der Waals surface area contributed by atoms with E-state index in [9.17, 15) is 13.2 Å². The molecule has 0 aliphatic heterocycles. The predicted octanol–water partition coefficient (Wildman–Crippen LogP) is 3.35. The number of aryl methyl sites for hydroxylation is 3. The Bertz CT molecular complexity index is 973. The Hall–Kier alpha value is -2.54. The number of para-hydroxylation sites is 1. The number of anilines is 1. The Balaban J connectivity index is 2.10. The van der Waals surface area contributed by atoms with E-state index >= 15 is 0 Å². The van der Waals surface area contributed by atoms with Crippen molar-refractivity contribution in [3.05, 3.63) is 59.2 Å². The quantitative estimate of drug-likeness (QED) is 0.713. The molecule has 29 heavy (non-hydrogen) atoms. The topological polar surface area (TPSA) is 75.7 Å². The van der Waals surface area contributed by atoms with Gasteiger partial charge in [-0.3, -0.25) is 9.10 Å². The van der Waals surface area contributed by atoms with Crippen molar-refractivity contribution in [2.75, 3.05) is 17.2 Å². The van der Waals surface area contributed by atoms with E-state index in [0.717, 1.165) is 33.0 Å². The van der Waals surface area contributed by atoms with E-state index in [1.165, 1.54) is 0 Å². The Labute approximate surface area is 173 Å². The van der Waals surface area contributed by atoms with E-state index in [0.29, 0.717) is 5.69 Å². The van der Waals surface area contributed by atoms with Crippen LogP contribution in [0.15, 0.2) is 42.5 Å². The summed E-state index contributed by atoms with van der Waals surface area (Å²) in [5.74, 6) is 0.379. The molecule has 0 fully saturated rings. The zero-order valence-corrected chi connectivity index (χ0v) is 18.7. The summed E-state index contributed by atoms with van der Waals surface area (Å²) in [6.45, 7) is 9.51. The molecular formula is C22H30N2O4S. The van der Waals surface area contributed by atoms with Crippen LogP contribution in [0.3, 0.4) is 0 Å². The van der Waals surface area contributed by atoms with Crippen LogP contribution >= 0.6 is 0 Å². The molecule has 0 bridgehead atoms. The molecule has 0 saturated carbocycles. The summed E-state index contributed by atoms with van der Waals surface area (Å²) >= 11 is 0. The Kier molecular flexibility index (Phi) is 7.30. The van der Waals surface area contributed by atoms with Crippen molar-refractivity contribution in [3.8, 4) is 5.75 Å². The number of sulfonamides is 1. The van der Waals surface area contributed by atoms with E-state index in [4.69, 9.17) is 4.74 Å². The third-order valence-electron chi connectivity index (χ3n) is 4.80. The van der Waals surface area contributed by atoms with Crippen LogP contribution in [0.4, 0.5) is 5.69 Å². The molecule has 1 amide bonds. The summed E-state index contributed by atoms with van der Waals surface area (Å²) in [6, 6.07) is 11.8. The first-order valence-corrected chi connectivity index (χ1v) is 11.4. The van der Waals surface area contributed by atoms with Gasteiger partial charge in [0.1, 0.15) is 18.4 Å². The zero-order chi connectivity index (χ0) is 21.8. The van der Waals surface area contributed by atoms with Crippen LogP contribution in [0.1, 0.15) is 30.5 Å². The zero-order valence-electron chi connectivity index (χ0n) is 17.9. The highest BCUT2D eigenvalue weighted by Gasteiger charge is 2.30. The average molecular weight is 419 g/mol. The van der Waals surface area contributed by atoms with Crippen LogP contribution in [0.2, 0.25) is 0 Å². The molecule has 6 nitrogen and oxygen atoms in total. The predicted molar refractivity (Wildman–Crippen MR) is 117 cm³/mol. The first kappa shape index (κ1) is 22.7. The fourth-order valence-electron chi connectivity index (χ4n) is 3.01. The molecule has 0 unspecified atom stereocenters. The van der Waals surface area contributed by atoms with Crippen LogP contribution in [-0.4, -0.2) is 39.3 Å². The summed E-state index contributed by atoms with van der Waals surface area (Å²) in [7, 11) is -3.65. The molecule has 0 saturated heterocycles. The second kappa shape index (κ2) is 9.31. The molecule has 158 valence electrons. The van der Waals surface area contributed by atoms with Crippen molar-refractivity contribution in [1.29, 1.82) is 0 Å². The summed E-state index contributed by atoms with van der Waals surface area (Å²) in [5, 5.41) is 2.85. The van der Waals surface area contributed by atoms with Crippen molar-refractivity contribution in [2.24, 2.45) is 0 Å². The van der Waals surface area contributed by atoms with Gasteiger partial charge >= 0.3 is 0 Å². The maximum atomic E-state index is 12.8. The van der Waals surface area contributed by atoms with Gasteiger partial charge in [-0.25, -0.2) is 8.42 Å². The lowest BCUT2D eigenvalue weighted by Gasteiger charge is -2.29. The normalized spacial score (nSPS) is 13.4. The minimum Gasteiger partial charge on any atom is -0.491 e. The lowest BCUT2D eigenvalue weighted by Crippen LogP contribution is -2.50. The average Bonchev–Trinajstić information content (AvgIpc) is 2.63. The molecule has 1 N–H and O–H groups in total. The Morgan fingerprint density at radius 1 is 1.03 bits per heavy atom. The van der Waals surface area contributed by atoms with Crippen LogP contribution in [0.5, 0.6) is 5.75 Å². The highest BCUT2D eigenvalue weighted by Crippen LogP contribution is 2.24. The molecule has 2 aromatic carbocycles. The van der Waals surface area contributed by atoms with Crippen molar-refractivity contribution in [3.63, 3.8) is 0 Å². The van der Waals surface area contributed by atoms with Gasteiger partial charge in [0.05, 0.1) is 18.0 Å². The summed E-state index contributed by atoms with van der Waals surface area (Å²) in [6.07, 6.45) is 1.11. The van der Waals surface area contributed by atoms with Crippen molar-refractivity contribution < 1.29 is 17.9 Å². The molecule has 0 aliphatic rings. The number of carbonyl (C=O) groups excluding carboxylic acids is 1. The first-order chi connectivity index (χ1) is 13.5. The fraction of sp³-hybridized carbons (Fsp3) is 0.409. The molecule has 2 aromatic rings. The lowest BCUT2D eigenvalue weighted by molar-refractivity contribution is -0.122. The maximum Gasteiger partial charge on any atom is 0.243 e. The summed E-state index contributed by atoms with van der Waals surface area (Å²) in [4.78, 5) is 12.8. The molecule has 0 aromatic heterocycles. The number of rotatable bonds is 8. The van der Waals surface area contributed by atoms with Gasteiger partial charge in [0, 0.05) is 0 Å². The fourth-order valence-corrected chi connectivity index (χ4v) is 4.18. The Morgan fingerprint density at radius 2 is 1.69 bits per heavy atom. The van der Waals surface area contributed by atoms with Crippen molar-refractivity contribution >= 4 is 21.6 Å². The number of nitrogens with one attached hydrogen (secondary N) is 1. The number of amides is 1. The number of hydrogen-bond donors (Lipinski definition) is 1. The maximum absolute atomic E-state index is 12.8. The van der Waals surface area contributed by atoms with E-state index in [1.807, 2.05) is 58.0 Å². The number of nitrogens with zero attached hydrogens (tertiary/aromatic N) is 1. The highest BCUT2D eigenvalue weighted by molar-refractivity contribution is 7.92. The van der Waals surface area contributed by atoms with Gasteiger partial charge in [-0.2, -0.15) is 0 Å². The minimum absolute atomic E-state index is 0.284. The molecule has 0 aliphatic carbocycles. The van der Waals surface area contributed by atoms with Gasteiger partial charge in [0.15, 0.2) is 0 Å². The highest BCUT2D eigenvalue weighted by atomic mass is 32.2. The molecule has 2 atom stereocenters. The van der Waals surface area contributed by atoms with Crippen LogP contribution < -0.4 is 14.4 Å². The minimum atomic E-state index is -3.65. The van der Waals surface area contributed by atoms with E-state index in [-0.39, 0.29) is 18.6 Å². The number of benzene rings is 2. The molecular weight excluding hydrogens is 388 g/mol. The van der Waals surface area contributed by atoms with E-state index < -0.39 is 16.1 Å². The smallest absolute Gasteiger partial charge is 0.243 e. The summed E-state index contributed by atoms with van der Waals surface area (Å²) in [5.41, 5.74) is 3.50. The van der Waals surface area contributed by atoms with Gasteiger partial charge in [-0.05, 0) is 69.5 Å². The van der Waals surface area contributed by atoms with Gasteiger partial charge in [0.2, 0.25) is 15.9 Å². The summed E-state index contributed by atoms with van der Waals surface area (Å²) < 4.78 is 31.8. The monoisotopic (exact) mass is 418 g/mol. The van der Waals surface area contributed by atoms with E-state index in [1.54, 1.807) is 19.1 Å². The van der Waals surface area contributed by atoms with Gasteiger partial charge in [-0.1, -0.05) is 24.3 Å². The SMILES string of the molecule is Cc1ccc(N([C@H](C)C(=O)N[C@@H](C)COc2ccccc2C)S(C)(=O)=O)cc1C. The van der Waals surface area contributed by atoms with Crippen molar-refractivity contribution in [2.45, 2.75) is 46.7 Å². The second-order valence-electron chi connectivity index (χ2n) is 7.49. The molecule has 7 heteroatoms. The van der Waals surface area contributed by atoms with E-state index in [2.05, 4.69) is 5.32 Å². The molecule has 0 spiro atoms.